The summed E-state index contributed by atoms with van der Waals surface area (Å²) in [6, 6.07) is 1.84. The normalized spacial score (nSPS) is 12.6. The molecule has 0 aliphatic heterocycles. The average Bonchev–Trinajstić information content (AvgIpc) is 2.25. The number of carbonyl (C=O) groups is 1. The molecule has 1 aromatic rings. The third-order valence-electron chi connectivity index (χ3n) is 2.32. The van der Waals surface area contributed by atoms with Crippen LogP contribution in [0.15, 0.2) is 12.1 Å². The largest absolute Gasteiger partial charge is 0.467 e. The molecule has 1 rings (SSSR count). The third-order valence-corrected chi connectivity index (χ3v) is 2.32. The van der Waals surface area contributed by atoms with E-state index in [0.717, 1.165) is 13.2 Å². The molecular weight excluding hydrogens is 237 g/mol. The lowest BCUT2D eigenvalue weighted by Crippen LogP contribution is -2.14. The number of alkyl halides is 2. The fourth-order valence-corrected chi connectivity index (χ4v) is 1.46. The van der Waals surface area contributed by atoms with Crippen molar-refractivity contribution in [3.63, 3.8) is 0 Å². The van der Waals surface area contributed by atoms with Crippen molar-refractivity contribution in [2.45, 2.75) is 19.5 Å². The van der Waals surface area contributed by atoms with E-state index in [1.165, 1.54) is 6.92 Å². The number of hydrogen-bond acceptors (Lipinski definition) is 3. The van der Waals surface area contributed by atoms with E-state index in [0.29, 0.717) is 6.07 Å². The maximum absolute atomic E-state index is 13.3. The molecule has 17 heavy (non-hydrogen) atoms. The summed E-state index contributed by atoms with van der Waals surface area (Å²) in [5.74, 6) is -2.13. The van der Waals surface area contributed by atoms with Gasteiger partial charge in [-0.3, -0.25) is 0 Å². The Morgan fingerprint density at radius 1 is 1.41 bits per heavy atom. The molecule has 1 unspecified atom stereocenters. The van der Waals surface area contributed by atoms with Crippen LogP contribution in [0.5, 0.6) is 0 Å². The summed E-state index contributed by atoms with van der Waals surface area (Å²) in [4.78, 5) is 11.0. The molecule has 0 saturated carbocycles. The third kappa shape index (κ3) is 2.76. The highest BCUT2D eigenvalue weighted by molar-refractivity contribution is 5.76. The molecular formula is C11H11F3O3. The number of aryl methyl sites for hydroxylation is 1. The Morgan fingerprint density at radius 3 is 2.41 bits per heavy atom. The number of esters is 1. The van der Waals surface area contributed by atoms with Gasteiger partial charge in [0.05, 0.1) is 12.7 Å². The molecule has 0 aliphatic rings. The van der Waals surface area contributed by atoms with Gasteiger partial charge < -0.3 is 9.84 Å². The van der Waals surface area contributed by atoms with E-state index in [1.807, 2.05) is 0 Å². The molecule has 0 amide bonds. The number of benzene rings is 1. The van der Waals surface area contributed by atoms with E-state index < -0.39 is 29.9 Å². The molecule has 0 radical (unpaired) electrons. The second-order valence-electron chi connectivity index (χ2n) is 3.46. The van der Waals surface area contributed by atoms with E-state index >= 15 is 0 Å². The first-order valence-corrected chi connectivity index (χ1v) is 4.72. The highest BCUT2D eigenvalue weighted by atomic mass is 19.3. The number of ether oxygens (including phenoxy) is 1. The fourth-order valence-electron chi connectivity index (χ4n) is 1.46. The van der Waals surface area contributed by atoms with Crippen molar-refractivity contribution < 1.29 is 27.8 Å². The molecule has 0 aliphatic carbocycles. The quantitative estimate of drug-likeness (QED) is 0.835. The van der Waals surface area contributed by atoms with Gasteiger partial charge in [-0.2, -0.15) is 0 Å². The standard InChI is InChI=1S/C11H11F3O3/c1-5-3-6(9(15)11(16)17-2)4-7(12)8(5)10(13)14/h3-4,9-10,15H,1-2H3. The van der Waals surface area contributed by atoms with Crippen LogP contribution in [0.1, 0.15) is 29.2 Å². The summed E-state index contributed by atoms with van der Waals surface area (Å²) in [7, 11) is 1.06. The van der Waals surface area contributed by atoms with Gasteiger partial charge in [-0.1, -0.05) is 6.07 Å². The second kappa shape index (κ2) is 5.18. The number of rotatable bonds is 3. The van der Waals surface area contributed by atoms with Crippen molar-refractivity contribution in [3.05, 3.63) is 34.6 Å². The molecule has 6 heteroatoms. The molecule has 3 nitrogen and oxygen atoms in total. The summed E-state index contributed by atoms with van der Waals surface area (Å²) in [6.45, 7) is 1.28. The molecule has 94 valence electrons. The van der Waals surface area contributed by atoms with Crippen LogP contribution in [0.3, 0.4) is 0 Å². The zero-order valence-electron chi connectivity index (χ0n) is 9.21. The number of halogens is 3. The molecule has 1 atom stereocenters. The van der Waals surface area contributed by atoms with Gasteiger partial charge in [0, 0.05) is 0 Å². The minimum atomic E-state index is -2.95. The zero-order valence-corrected chi connectivity index (χ0v) is 9.21. The fraction of sp³-hybridized carbons (Fsp3) is 0.364. The van der Waals surface area contributed by atoms with Gasteiger partial charge in [0.25, 0.3) is 6.43 Å². The van der Waals surface area contributed by atoms with E-state index in [2.05, 4.69) is 4.74 Å². The van der Waals surface area contributed by atoms with Crippen LogP contribution in [0.2, 0.25) is 0 Å². The Kier molecular flexibility index (Phi) is 4.11. The van der Waals surface area contributed by atoms with Gasteiger partial charge in [-0.05, 0) is 24.1 Å². The lowest BCUT2D eigenvalue weighted by Gasteiger charge is -2.12. The Bertz CT molecular complexity index is 409. The van der Waals surface area contributed by atoms with Crippen molar-refractivity contribution in [2.24, 2.45) is 0 Å². The minimum Gasteiger partial charge on any atom is -0.467 e. The molecule has 0 aromatic heterocycles. The number of aliphatic hydroxyl groups is 1. The first-order valence-electron chi connectivity index (χ1n) is 4.72. The summed E-state index contributed by atoms with van der Waals surface area (Å²) < 4.78 is 42.5. The SMILES string of the molecule is COC(=O)C(O)c1cc(C)c(C(F)F)c(F)c1. The van der Waals surface area contributed by atoms with Crippen LogP contribution in [0, 0.1) is 12.7 Å². The summed E-state index contributed by atoms with van der Waals surface area (Å²) in [5, 5.41) is 9.44. The van der Waals surface area contributed by atoms with Crippen LogP contribution in [-0.4, -0.2) is 18.2 Å². The predicted octanol–water partition coefficient (Wildman–Crippen LogP) is 2.28. The number of methoxy groups -OCH3 is 1. The van der Waals surface area contributed by atoms with Gasteiger partial charge >= 0.3 is 5.97 Å². The lowest BCUT2D eigenvalue weighted by molar-refractivity contribution is -0.150. The van der Waals surface area contributed by atoms with E-state index in [9.17, 15) is 23.1 Å². The maximum atomic E-state index is 13.3. The van der Waals surface area contributed by atoms with Crippen molar-refractivity contribution in [1.29, 1.82) is 0 Å². The van der Waals surface area contributed by atoms with Crippen molar-refractivity contribution >= 4 is 5.97 Å². The first kappa shape index (κ1) is 13.5. The van der Waals surface area contributed by atoms with E-state index in [4.69, 9.17) is 0 Å². The van der Waals surface area contributed by atoms with Crippen LogP contribution in [0.25, 0.3) is 0 Å². The van der Waals surface area contributed by atoms with Crippen LogP contribution >= 0.6 is 0 Å². The molecule has 0 spiro atoms. The number of aliphatic hydroxyl groups excluding tert-OH is 1. The average molecular weight is 248 g/mol. The lowest BCUT2D eigenvalue weighted by atomic mass is 10.0. The number of hydrogen-bond donors (Lipinski definition) is 1. The molecule has 0 fully saturated rings. The molecule has 0 bridgehead atoms. The Hall–Kier alpha value is -1.56. The highest BCUT2D eigenvalue weighted by Gasteiger charge is 2.23. The molecule has 0 heterocycles. The maximum Gasteiger partial charge on any atom is 0.339 e. The summed E-state index contributed by atoms with van der Waals surface area (Å²) in [6.07, 6.45) is -4.63. The topological polar surface area (TPSA) is 46.5 Å². The van der Waals surface area contributed by atoms with Crippen LogP contribution in [0.4, 0.5) is 13.2 Å². The smallest absolute Gasteiger partial charge is 0.339 e. The van der Waals surface area contributed by atoms with Gasteiger partial charge in [-0.25, -0.2) is 18.0 Å². The molecule has 0 saturated heterocycles. The van der Waals surface area contributed by atoms with Gasteiger partial charge in [0.1, 0.15) is 5.82 Å². The van der Waals surface area contributed by atoms with Crippen molar-refractivity contribution in [3.8, 4) is 0 Å². The zero-order chi connectivity index (χ0) is 13.2. The van der Waals surface area contributed by atoms with Gasteiger partial charge in [0.2, 0.25) is 0 Å². The summed E-state index contributed by atoms with van der Waals surface area (Å²) in [5.41, 5.74) is -0.875. The minimum absolute atomic E-state index is 0.0297. The Labute approximate surface area is 95.8 Å². The van der Waals surface area contributed by atoms with Crippen molar-refractivity contribution in [1.82, 2.24) is 0 Å². The van der Waals surface area contributed by atoms with Crippen LogP contribution in [-0.2, 0) is 9.53 Å². The molecule has 1 aromatic carbocycles. The summed E-state index contributed by atoms with van der Waals surface area (Å²) >= 11 is 0. The van der Waals surface area contributed by atoms with E-state index in [-0.39, 0.29) is 11.1 Å². The first-order chi connectivity index (χ1) is 7.88. The van der Waals surface area contributed by atoms with E-state index in [1.54, 1.807) is 0 Å². The van der Waals surface area contributed by atoms with Crippen molar-refractivity contribution in [2.75, 3.05) is 7.11 Å². The Morgan fingerprint density at radius 2 is 2.00 bits per heavy atom. The predicted molar refractivity (Wildman–Crippen MR) is 53.1 cm³/mol. The van der Waals surface area contributed by atoms with Gasteiger partial charge in [-0.15, -0.1) is 0 Å². The number of carbonyl (C=O) groups excluding carboxylic acids is 1. The van der Waals surface area contributed by atoms with Crippen LogP contribution < -0.4 is 0 Å². The Balaban J connectivity index is 3.19. The second-order valence-corrected chi connectivity index (χ2v) is 3.46. The molecule has 1 N–H and O–H groups in total. The monoisotopic (exact) mass is 248 g/mol. The highest BCUT2D eigenvalue weighted by Crippen LogP contribution is 2.28. The van der Waals surface area contributed by atoms with Gasteiger partial charge in [0.15, 0.2) is 6.10 Å².